The molecule has 0 saturated carbocycles. The van der Waals surface area contributed by atoms with Gasteiger partial charge in [0.05, 0.1) is 31.9 Å². The van der Waals surface area contributed by atoms with Crippen LogP contribution in [0.4, 0.5) is 0 Å². The fourth-order valence-corrected chi connectivity index (χ4v) is 4.50. The Morgan fingerprint density at radius 3 is 2.14 bits per heavy atom. The Morgan fingerprint density at radius 2 is 1.54 bits per heavy atom. The first kappa shape index (κ1) is 25.8. The number of carbonyl (C=O) groups excluding carboxylic acids is 2. The molecule has 1 amide bonds. The molecule has 0 aliphatic carbocycles. The number of aliphatic hydroxyl groups is 1. The largest absolute Gasteiger partial charge is 0.507 e. The Bertz CT molecular complexity index is 1310. The first-order chi connectivity index (χ1) is 17.9. The van der Waals surface area contributed by atoms with E-state index in [0.717, 1.165) is 16.9 Å². The van der Waals surface area contributed by atoms with Crippen LogP contribution in [-0.2, 0) is 16.1 Å². The van der Waals surface area contributed by atoms with Crippen LogP contribution in [0.5, 0.6) is 17.2 Å². The highest BCUT2D eigenvalue weighted by atomic mass is 16.5. The van der Waals surface area contributed by atoms with Crippen molar-refractivity contribution in [1.29, 1.82) is 0 Å². The molecule has 1 aliphatic rings. The lowest BCUT2D eigenvalue weighted by Gasteiger charge is -2.25. The molecule has 4 rings (SSSR count). The molecule has 0 spiro atoms. The second kappa shape index (κ2) is 11.2. The molecule has 1 aliphatic heterocycles. The Morgan fingerprint density at radius 1 is 0.892 bits per heavy atom. The molecule has 3 aromatic carbocycles. The van der Waals surface area contributed by atoms with E-state index < -0.39 is 17.7 Å². The van der Waals surface area contributed by atoms with Gasteiger partial charge in [0.25, 0.3) is 11.7 Å². The molecule has 192 valence electrons. The summed E-state index contributed by atoms with van der Waals surface area (Å²) in [5, 5.41) is 11.4. The average Bonchev–Trinajstić information content (AvgIpc) is 3.15. The summed E-state index contributed by atoms with van der Waals surface area (Å²) in [6.45, 7) is 6.93. The van der Waals surface area contributed by atoms with Gasteiger partial charge in [-0.2, -0.15) is 0 Å². The second-order valence-electron chi connectivity index (χ2n) is 8.69. The molecular weight excluding hydrogens is 470 g/mol. The number of ether oxygens (including phenoxy) is 3. The van der Waals surface area contributed by atoms with E-state index in [-0.39, 0.29) is 17.9 Å². The molecule has 0 aromatic heterocycles. The zero-order valence-corrected chi connectivity index (χ0v) is 21.5. The minimum Gasteiger partial charge on any atom is -0.507 e. The number of amides is 1. The van der Waals surface area contributed by atoms with Crippen molar-refractivity contribution in [2.24, 2.45) is 0 Å². The number of ketones is 1. The number of hydrogen-bond donors (Lipinski definition) is 1. The SMILES string of the molecule is CCOc1ccc(CN2C(=O)C(=O)/C(=C(\O)c3ccc(OCC)c(C)c3)C2c2ccc(OC)cc2)cc1. The van der Waals surface area contributed by atoms with Gasteiger partial charge >= 0.3 is 0 Å². The van der Waals surface area contributed by atoms with E-state index in [9.17, 15) is 14.7 Å². The Hall–Kier alpha value is -4.26. The van der Waals surface area contributed by atoms with Gasteiger partial charge < -0.3 is 24.2 Å². The molecule has 0 bridgehead atoms. The van der Waals surface area contributed by atoms with E-state index in [1.54, 1.807) is 49.6 Å². The van der Waals surface area contributed by atoms with Gasteiger partial charge in [0.2, 0.25) is 0 Å². The predicted molar refractivity (Wildman–Crippen MR) is 141 cm³/mol. The van der Waals surface area contributed by atoms with E-state index in [1.165, 1.54) is 4.90 Å². The lowest BCUT2D eigenvalue weighted by molar-refractivity contribution is -0.140. The third kappa shape index (κ3) is 5.31. The van der Waals surface area contributed by atoms with E-state index in [1.807, 2.05) is 45.0 Å². The summed E-state index contributed by atoms with van der Waals surface area (Å²) in [6, 6.07) is 19.0. The number of hydrogen-bond acceptors (Lipinski definition) is 6. The van der Waals surface area contributed by atoms with Gasteiger partial charge in [0, 0.05) is 12.1 Å². The molecule has 1 heterocycles. The molecule has 7 nitrogen and oxygen atoms in total. The normalized spacial score (nSPS) is 16.6. The highest BCUT2D eigenvalue weighted by molar-refractivity contribution is 6.46. The summed E-state index contributed by atoms with van der Waals surface area (Å²) >= 11 is 0. The number of likely N-dealkylation sites (tertiary alicyclic amines) is 1. The first-order valence-corrected chi connectivity index (χ1v) is 12.3. The second-order valence-corrected chi connectivity index (χ2v) is 8.69. The molecule has 7 heteroatoms. The van der Waals surface area contributed by atoms with Crippen molar-refractivity contribution in [3.05, 3.63) is 94.6 Å². The fourth-order valence-electron chi connectivity index (χ4n) is 4.50. The zero-order chi connectivity index (χ0) is 26.5. The highest BCUT2D eigenvalue weighted by Gasteiger charge is 2.46. The van der Waals surface area contributed by atoms with Gasteiger partial charge in [0.15, 0.2) is 0 Å². The van der Waals surface area contributed by atoms with E-state index in [0.29, 0.717) is 35.8 Å². The maximum atomic E-state index is 13.3. The Kier molecular flexibility index (Phi) is 7.82. The molecule has 3 aromatic rings. The van der Waals surface area contributed by atoms with Crippen molar-refractivity contribution in [1.82, 2.24) is 4.90 Å². The van der Waals surface area contributed by atoms with Crippen LogP contribution < -0.4 is 14.2 Å². The van der Waals surface area contributed by atoms with Crippen LogP contribution in [0.15, 0.2) is 72.3 Å². The van der Waals surface area contributed by atoms with Crippen LogP contribution in [0.1, 0.15) is 42.1 Å². The maximum Gasteiger partial charge on any atom is 0.295 e. The number of methoxy groups -OCH3 is 1. The summed E-state index contributed by atoms with van der Waals surface area (Å²) in [4.78, 5) is 28.1. The molecule has 1 saturated heterocycles. The number of carbonyl (C=O) groups is 2. The van der Waals surface area contributed by atoms with Crippen molar-refractivity contribution in [2.75, 3.05) is 20.3 Å². The van der Waals surface area contributed by atoms with Crippen molar-refractivity contribution in [3.8, 4) is 17.2 Å². The number of aliphatic hydroxyl groups excluding tert-OH is 1. The van der Waals surface area contributed by atoms with Gasteiger partial charge in [0.1, 0.15) is 23.0 Å². The molecule has 1 atom stereocenters. The lowest BCUT2D eigenvalue weighted by Crippen LogP contribution is -2.29. The molecule has 37 heavy (non-hydrogen) atoms. The minimum absolute atomic E-state index is 0.0460. The van der Waals surface area contributed by atoms with Crippen molar-refractivity contribution < 1.29 is 28.9 Å². The lowest BCUT2D eigenvalue weighted by atomic mass is 9.94. The quantitative estimate of drug-likeness (QED) is 0.239. The molecular formula is C30H31NO6. The van der Waals surface area contributed by atoms with Crippen molar-refractivity contribution in [2.45, 2.75) is 33.4 Å². The summed E-state index contributed by atoms with van der Waals surface area (Å²) in [6.07, 6.45) is 0. The van der Waals surface area contributed by atoms with Crippen LogP contribution in [0.3, 0.4) is 0 Å². The van der Waals surface area contributed by atoms with Gasteiger partial charge in [-0.05, 0) is 79.9 Å². The standard InChI is InChI=1S/C30H31NO6/c1-5-36-24-12-7-20(8-13-24)18-31-27(21-9-14-23(35-4)15-10-21)26(29(33)30(31)34)28(32)22-11-16-25(37-6-2)19(3)17-22/h7-17,27,32H,5-6,18H2,1-4H3/b28-26-. The molecule has 1 N–H and O–H groups in total. The number of aryl methyl sites for hydroxylation is 1. The smallest absolute Gasteiger partial charge is 0.295 e. The van der Waals surface area contributed by atoms with Crippen LogP contribution in [0.2, 0.25) is 0 Å². The summed E-state index contributed by atoms with van der Waals surface area (Å²) < 4.78 is 16.4. The topological polar surface area (TPSA) is 85.3 Å². The third-order valence-corrected chi connectivity index (χ3v) is 6.31. The molecule has 1 unspecified atom stereocenters. The zero-order valence-electron chi connectivity index (χ0n) is 21.5. The number of rotatable bonds is 9. The number of Topliss-reactive ketones (excluding diaryl/α,β-unsaturated/α-hetero) is 1. The average molecular weight is 502 g/mol. The van der Waals surface area contributed by atoms with E-state index >= 15 is 0 Å². The summed E-state index contributed by atoms with van der Waals surface area (Å²) in [7, 11) is 1.57. The Labute approximate surface area is 216 Å². The van der Waals surface area contributed by atoms with E-state index in [4.69, 9.17) is 14.2 Å². The van der Waals surface area contributed by atoms with Crippen molar-refractivity contribution >= 4 is 17.4 Å². The maximum absolute atomic E-state index is 13.3. The fraction of sp³-hybridized carbons (Fsp3) is 0.267. The summed E-state index contributed by atoms with van der Waals surface area (Å²) in [5.41, 5.74) is 2.83. The van der Waals surface area contributed by atoms with Gasteiger partial charge in [-0.15, -0.1) is 0 Å². The van der Waals surface area contributed by atoms with Crippen molar-refractivity contribution in [3.63, 3.8) is 0 Å². The van der Waals surface area contributed by atoms with Gasteiger partial charge in [-0.25, -0.2) is 0 Å². The highest BCUT2D eigenvalue weighted by Crippen LogP contribution is 2.41. The van der Waals surface area contributed by atoms with Gasteiger partial charge in [-0.3, -0.25) is 9.59 Å². The van der Waals surface area contributed by atoms with Crippen LogP contribution in [0.25, 0.3) is 5.76 Å². The van der Waals surface area contributed by atoms with E-state index in [2.05, 4.69) is 0 Å². The molecule has 0 radical (unpaired) electrons. The minimum atomic E-state index is -0.774. The predicted octanol–water partition coefficient (Wildman–Crippen LogP) is 5.42. The van der Waals surface area contributed by atoms with Crippen LogP contribution in [0, 0.1) is 6.92 Å². The first-order valence-electron chi connectivity index (χ1n) is 12.3. The number of benzene rings is 3. The summed E-state index contributed by atoms with van der Waals surface area (Å²) in [5.74, 6) is 0.455. The Balaban J connectivity index is 1.79. The van der Waals surface area contributed by atoms with Crippen LogP contribution in [-0.4, -0.2) is 42.0 Å². The third-order valence-electron chi connectivity index (χ3n) is 6.31. The van der Waals surface area contributed by atoms with Gasteiger partial charge in [-0.1, -0.05) is 24.3 Å². The van der Waals surface area contributed by atoms with Crippen LogP contribution >= 0.6 is 0 Å². The number of nitrogens with zero attached hydrogens (tertiary/aromatic N) is 1. The monoisotopic (exact) mass is 501 g/mol. The molecule has 1 fully saturated rings.